The van der Waals surface area contributed by atoms with Crippen molar-refractivity contribution in [3.8, 4) is 5.75 Å². The van der Waals surface area contributed by atoms with Crippen molar-refractivity contribution in [2.24, 2.45) is 0 Å². The molecule has 0 spiro atoms. The quantitative estimate of drug-likeness (QED) is 0.660. The second-order valence-electron chi connectivity index (χ2n) is 7.56. The molecule has 0 unspecified atom stereocenters. The van der Waals surface area contributed by atoms with Crippen molar-refractivity contribution in [1.82, 2.24) is 5.32 Å². The number of hydrogen-bond acceptors (Lipinski definition) is 4. The molecule has 0 fully saturated rings. The lowest BCUT2D eigenvalue weighted by Gasteiger charge is -2.35. The Morgan fingerprint density at radius 1 is 1.00 bits per heavy atom. The zero-order valence-electron chi connectivity index (χ0n) is 17.4. The summed E-state index contributed by atoms with van der Waals surface area (Å²) in [6.07, 6.45) is -0.971. The summed E-state index contributed by atoms with van der Waals surface area (Å²) in [5, 5.41) is 2.93. The van der Waals surface area contributed by atoms with Gasteiger partial charge in [-0.25, -0.2) is 8.42 Å². The number of carbonyl (C=O) groups is 1. The molecule has 1 aliphatic rings. The van der Waals surface area contributed by atoms with Crippen molar-refractivity contribution < 1.29 is 17.9 Å². The molecule has 31 heavy (non-hydrogen) atoms. The van der Waals surface area contributed by atoms with Crippen LogP contribution in [0.2, 0.25) is 0 Å². The molecule has 1 amide bonds. The fraction of sp³-hybridized carbons (Fsp3) is 0.208. The van der Waals surface area contributed by atoms with E-state index in [1.165, 1.54) is 4.31 Å². The van der Waals surface area contributed by atoms with Gasteiger partial charge in [-0.15, -0.1) is 0 Å². The second-order valence-corrected chi connectivity index (χ2v) is 9.43. The van der Waals surface area contributed by atoms with Gasteiger partial charge in [-0.3, -0.25) is 9.10 Å². The van der Waals surface area contributed by atoms with E-state index in [0.29, 0.717) is 11.4 Å². The minimum Gasteiger partial charge on any atom is -0.476 e. The van der Waals surface area contributed by atoms with E-state index >= 15 is 0 Å². The van der Waals surface area contributed by atoms with Gasteiger partial charge in [0.2, 0.25) is 0 Å². The molecule has 7 heteroatoms. The molecule has 4 rings (SSSR count). The highest BCUT2D eigenvalue weighted by molar-refractivity contribution is 7.92. The Morgan fingerprint density at radius 2 is 1.65 bits per heavy atom. The number of carbonyl (C=O) groups excluding carboxylic acids is 1. The molecule has 160 valence electrons. The lowest BCUT2D eigenvalue weighted by Crippen LogP contribution is -2.51. The molecular formula is C24H24N2O4S. The molecule has 0 saturated heterocycles. The minimum atomic E-state index is -3.87. The van der Waals surface area contributed by atoms with Gasteiger partial charge >= 0.3 is 0 Å². The SMILES string of the molecule is Cc1ccc(S(=O)(=O)N2C[C@@H](C(=O)N[C@H](C)c3ccccc3)Oc3ccccc32)cc1. The number of aryl methyl sites for hydroxylation is 1. The number of amides is 1. The second kappa shape index (κ2) is 8.43. The Kier molecular flexibility index (Phi) is 5.69. The monoisotopic (exact) mass is 436 g/mol. The third kappa shape index (κ3) is 4.27. The molecule has 0 bridgehead atoms. The maximum atomic E-state index is 13.4. The van der Waals surface area contributed by atoms with Gasteiger partial charge in [0, 0.05) is 0 Å². The van der Waals surface area contributed by atoms with E-state index in [4.69, 9.17) is 4.74 Å². The van der Waals surface area contributed by atoms with E-state index in [0.717, 1.165) is 11.1 Å². The molecule has 0 saturated carbocycles. The average molecular weight is 437 g/mol. The van der Waals surface area contributed by atoms with Gasteiger partial charge in [-0.05, 0) is 43.7 Å². The summed E-state index contributed by atoms with van der Waals surface area (Å²) in [4.78, 5) is 13.2. The summed E-state index contributed by atoms with van der Waals surface area (Å²) in [6, 6.07) is 22.9. The van der Waals surface area contributed by atoms with Crippen LogP contribution in [0.5, 0.6) is 5.75 Å². The van der Waals surface area contributed by atoms with Crippen LogP contribution in [0.25, 0.3) is 0 Å². The predicted molar refractivity (Wildman–Crippen MR) is 120 cm³/mol. The van der Waals surface area contributed by atoms with E-state index in [1.54, 1.807) is 48.5 Å². The van der Waals surface area contributed by atoms with Crippen LogP contribution in [0.15, 0.2) is 83.8 Å². The van der Waals surface area contributed by atoms with E-state index in [9.17, 15) is 13.2 Å². The van der Waals surface area contributed by atoms with Crippen molar-refractivity contribution in [3.63, 3.8) is 0 Å². The van der Waals surface area contributed by atoms with Gasteiger partial charge in [0.15, 0.2) is 6.10 Å². The maximum absolute atomic E-state index is 13.4. The average Bonchev–Trinajstić information content (AvgIpc) is 2.79. The van der Waals surface area contributed by atoms with Gasteiger partial charge in [-0.2, -0.15) is 0 Å². The third-order valence-corrected chi connectivity index (χ3v) is 7.09. The molecule has 0 radical (unpaired) electrons. The van der Waals surface area contributed by atoms with Crippen LogP contribution in [0, 0.1) is 6.92 Å². The van der Waals surface area contributed by atoms with Crippen molar-refractivity contribution in [1.29, 1.82) is 0 Å². The van der Waals surface area contributed by atoms with E-state index < -0.39 is 16.1 Å². The normalized spacial score (nSPS) is 16.7. The smallest absolute Gasteiger partial charge is 0.264 e. The number of ether oxygens (including phenoxy) is 1. The molecule has 3 aromatic rings. The van der Waals surface area contributed by atoms with Crippen molar-refractivity contribution in [2.75, 3.05) is 10.8 Å². The number of nitrogens with one attached hydrogen (secondary N) is 1. The zero-order valence-corrected chi connectivity index (χ0v) is 18.2. The summed E-state index contributed by atoms with van der Waals surface area (Å²) < 4.78 is 34.0. The third-order valence-electron chi connectivity index (χ3n) is 5.29. The van der Waals surface area contributed by atoms with Crippen LogP contribution >= 0.6 is 0 Å². The number of anilines is 1. The summed E-state index contributed by atoms with van der Waals surface area (Å²) in [6.45, 7) is 3.67. The van der Waals surface area contributed by atoms with Crippen LogP contribution in [-0.4, -0.2) is 27.0 Å². The van der Waals surface area contributed by atoms with Crippen molar-refractivity contribution in [3.05, 3.63) is 90.0 Å². The highest BCUT2D eigenvalue weighted by Crippen LogP contribution is 2.37. The fourth-order valence-corrected chi connectivity index (χ4v) is 5.01. The number of rotatable bonds is 5. The van der Waals surface area contributed by atoms with E-state index in [-0.39, 0.29) is 23.4 Å². The lowest BCUT2D eigenvalue weighted by atomic mass is 10.1. The Morgan fingerprint density at radius 3 is 2.35 bits per heavy atom. The Hall–Kier alpha value is -3.32. The van der Waals surface area contributed by atoms with Crippen LogP contribution in [0.4, 0.5) is 5.69 Å². The molecular weight excluding hydrogens is 412 g/mol. The Labute approximate surface area is 182 Å². The summed E-state index contributed by atoms with van der Waals surface area (Å²) >= 11 is 0. The lowest BCUT2D eigenvalue weighted by molar-refractivity contribution is -0.128. The van der Waals surface area contributed by atoms with Gasteiger partial charge in [0.1, 0.15) is 5.75 Å². The first kappa shape index (κ1) is 20.9. The van der Waals surface area contributed by atoms with Crippen LogP contribution in [0.3, 0.4) is 0 Å². The highest BCUT2D eigenvalue weighted by atomic mass is 32.2. The van der Waals surface area contributed by atoms with Gasteiger partial charge in [-0.1, -0.05) is 60.2 Å². The molecule has 0 aromatic heterocycles. The van der Waals surface area contributed by atoms with Crippen molar-refractivity contribution in [2.45, 2.75) is 30.9 Å². The standard InChI is InChI=1S/C24H24N2O4S/c1-17-12-14-20(15-13-17)31(28,29)26-16-23(30-22-11-7-6-10-21(22)26)24(27)25-18(2)19-8-4-3-5-9-19/h3-15,18,23H,16H2,1-2H3,(H,25,27)/t18-,23+/m1/s1. The van der Waals surface area contributed by atoms with E-state index in [2.05, 4.69) is 5.32 Å². The molecule has 1 aliphatic heterocycles. The minimum absolute atomic E-state index is 0.111. The first-order valence-electron chi connectivity index (χ1n) is 10.1. The number of nitrogens with zero attached hydrogens (tertiary/aromatic N) is 1. The Balaban J connectivity index is 1.63. The fourth-order valence-electron chi connectivity index (χ4n) is 3.54. The first-order chi connectivity index (χ1) is 14.9. The van der Waals surface area contributed by atoms with Crippen LogP contribution in [0.1, 0.15) is 24.1 Å². The number of hydrogen-bond donors (Lipinski definition) is 1. The number of benzene rings is 3. The highest BCUT2D eigenvalue weighted by Gasteiger charge is 2.37. The van der Waals surface area contributed by atoms with E-state index in [1.807, 2.05) is 44.2 Å². The number of fused-ring (bicyclic) bond motifs is 1. The summed E-state index contributed by atoms with van der Waals surface area (Å²) in [7, 11) is -3.87. The Bertz CT molecular complexity index is 1180. The first-order valence-corrected chi connectivity index (χ1v) is 11.5. The zero-order chi connectivity index (χ0) is 22.0. The van der Waals surface area contributed by atoms with Gasteiger partial charge < -0.3 is 10.1 Å². The summed E-state index contributed by atoms with van der Waals surface area (Å²) in [5.74, 6) is -0.00749. The van der Waals surface area contributed by atoms with Crippen LogP contribution < -0.4 is 14.4 Å². The van der Waals surface area contributed by atoms with Gasteiger partial charge in [0.25, 0.3) is 15.9 Å². The summed E-state index contributed by atoms with van der Waals surface area (Å²) in [5.41, 5.74) is 2.34. The largest absolute Gasteiger partial charge is 0.476 e. The molecule has 0 aliphatic carbocycles. The van der Waals surface area contributed by atoms with Crippen LogP contribution in [-0.2, 0) is 14.8 Å². The molecule has 1 heterocycles. The maximum Gasteiger partial charge on any atom is 0.264 e. The molecule has 6 nitrogen and oxygen atoms in total. The van der Waals surface area contributed by atoms with Gasteiger partial charge in [0.05, 0.1) is 23.2 Å². The van der Waals surface area contributed by atoms with Crippen molar-refractivity contribution >= 4 is 21.6 Å². The number of para-hydroxylation sites is 2. The predicted octanol–water partition coefficient (Wildman–Crippen LogP) is 3.83. The molecule has 2 atom stereocenters. The number of sulfonamides is 1. The molecule has 3 aromatic carbocycles. The topological polar surface area (TPSA) is 75.7 Å². The molecule has 1 N–H and O–H groups in total.